The van der Waals surface area contributed by atoms with Crippen LogP contribution in [0.4, 0.5) is 26.3 Å². The summed E-state index contributed by atoms with van der Waals surface area (Å²) in [5.41, 5.74) is 3.10. The first-order valence-electron chi connectivity index (χ1n) is 13.6. The molecule has 0 radical (unpaired) electrons. The highest BCUT2D eigenvalue weighted by Crippen LogP contribution is 2.52. The lowest BCUT2D eigenvalue weighted by Gasteiger charge is -2.38. The first-order valence-corrected chi connectivity index (χ1v) is 13.6. The maximum Gasteiger partial charge on any atom is 0.392 e. The minimum Gasteiger partial charge on any atom is -0.298 e. The molecule has 0 amide bonds. The molecule has 1 aliphatic carbocycles. The van der Waals surface area contributed by atoms with Crippen molar-refractivity contribution in [1.29, 1.82) is 5.26 Å². The van der Waals surface area contributed by atoms with Gasteiger partial charge in [-0.2, -0.15) is 31.6 Å². The Kier molecular flexibility index (Phi) is 12.4. The molecule has 216 valence electrons. The standard InChI is InChI=1S/C29H37F6N.C2H3N/c1-20(2)36(18-17-22-7-5-4-6-8-22)21(3)9-10-23-11-13-24(14-12-23)25-15-16-26(28(30,31)32)27(19-25)29(33,34)35;1-2-3/h4-8,11-14,20-21,25-27H,9-10,15-19H2,1-3H3;1H3. The number of halogens is 6. The minimum absolute atomic E-state index is 0.123. The maximum atomic E-state index is 13.4. The van der Waals surface area contributed by atoms with Crippen LogP contribution < -0.4 is 0 Å². The minimum atomic E-state index is -4.85. The molecule has 4 unspecified atom stereocenters. The topological polar surface area (TPSA) is 27.0 Å². The molecular formula is C31H40F6N2. The van der Waals surface area contributed by atoms with E-state index in [4.69, 9.17) is 5.26 Å². The average Bonchev–Trinajstić information content (AvgIpc) is 2.87. The molecule has 0 aliphatic heterocycles. The quantitative estimate of drug-likeness (QED) is 0.289. The Bertz CT molecular complexity index is 1010. The second-order valence-electron chi connectivity index (χ2n) is 10.7. The third-order valence-electron chi connectivity index (χ3n) is 7.72. The van der Waals surface area contributed by atoms with E-state index in [1.165, 1.54) is 12.5 Å². The molecule has 2 aromatic carbocycles. The van der Waals surface area contributed by atoms with Crippen LogP contribution >= 0.6 is 0 Å². The smallest absolute Gasteiger partial charge is 0.298 e. The Labute approximate surface area is 229 Å². The van der Waals surface area contributed by atoms with Gasteiger partial charge in [0, 0.05) is 25.6 Å². The van der Waals surface area contributed by atoms with Gasteiger partial charge in [0.15, 0.2) is 0 Å². The highest BCUT2D eigenvalue weighted by Gasteiger charge is 2.56. The summed E-state index contributed by atoms with van der Waals surface area (Å²) in [5, 5.41) is 7.32. The fraction of sp³-hybridized carbons (Fsp3) is 0.581. The van der Waals surface area contributed by atoms with Crippen LogP contribution in [0.3, 0.4) is 0 Å². The third-order valence-corrected chi connectivity index (χ3v) is 7.72. The fourth-order valence-electron chi connectivity index (χ4n) is 5.62. The van der Waals surface area contributed by atoms with Crippen molar-refractivity contribution in [2.24, 2.45) is 11.8 Å². The van der Waals surface area contributed by atoms with Crippen molar-refractivity contribution in [3.8, 4) is 6.07 Å². The summed E-state index contributed by atoms with van der Waals surface area (Å²) in [6.07, 6.45) is -7.78. The van der Waals surface area contributed by atoms with Crippen LogP contribution in [0.2, 0.25) is 0 Å². The zero-order valence-corrected chi connectivity index (χ0v) is 23.2. The van der Waals surface area contributed by atoms with Gasteiger partial charge in [-0.3, -0.25) is 4.90 Å². The number of benzene rings is 2. The number of nitrogens with zero attached hydrogens (tertiary/aromatic N) is 2. The molecule has 0 spiro atoms. The summed E-state index contributed by atoms with van der Waals surface area (Å²) in [5.74, 6) is -5.15. The predicted molar refractivity (Wildman–Crippen MR) is 143 cm³/mol. The highest BCUT2D eigenvalue weighted by molar-refractivity contribution is 5.26. The second kappa shape index (κ2) is 14.7. The summed E-state index contributed by atoms with van der Waals surface area (Å²) in [4.78, 5) is 2.48. The highest BCUT2D eigenvalue weighted by atomic mass is 19.4. The van der Waals surface area contributed by atoms with E-state index in [9.17, 15) is 26.3 Å². The van der Waals surface area contributed by atoms with E-state index in [-0.39, 0.29) is 6.42 Å². The molecule has 1 aliphatic rings. The molecule has 2 aromatic rings. The van der Waals surface area contributed by atoms with Crippen LogP contribution in [-0.4, -0.2) is 35.9 Å². The van der Waals surface area contributed by atoms with Gasteiger partial charge in [0.2, 0.25) is 0 Å². The Hall–Kier alpha value is -2.53. The van der Waals surface area contributed by atoms with Crippen molar-refractivity contribution in [1.82, 2.24) is 4.90 Å². The summed E-state index contributed by atoms with van der Waals surface area (Å²) < 4.78 is 79.8. The van der Waals surface area contributed by atoms with Crippen LogP contribution in [0.5, 0.6) is 0 Å². The van der Waals surface area contributed by atoms with Gasteiger partial charge in [-0.1, -0.05) is 54.6 Å². The molecule has 0 bridgehead atoms. The lowest BCUT2D eigenvalue weighted by atomic mass is 9.71. The van der Waals surface area contributed by atoms with Gasteiger partial charge in [-0.05, 0) is 81.9 Å². The molecule has 0 N–H and O–H groups in total. The Morgan fingerprint density at radius 2 is 1.36 bits per heavy atom. The molecule has 39 heavy (non-hydrogen) atoms. The van der Waals surface area contributed by atoms with Crippen LogP contribution in [0.25, 0.3) is 0 Å². The van der Waals surface area contributed by atoms with Crippen LogP contribution in [0.15, 0.2) is 54.6 Å². The number of rotatable bonds is 9. The van der Waals surface area contributed by atoms with E-state index in [0.717, 1.165) is 31.4 Å². The number of nitriles is 1. The second-order valence-corrected chi connectivity index (χ2v) is 10.7. The van der Waals surface area contributed by atoms with E-state index in [1.807, 2.05) is 42.5 Å². The van der Waals surface area contributed by atoms with Gasteiger partial charge < -0.3 is 0 Å². The zero-order valence-electron chi connectivity index (χ0n) is 23.2. The number of aryl methyl sites for hydroxylation is 1. The summed E-state index contributed by atoms with van der Waals surface area (Å²) in [6.45, 7) is 8.99. The van der Waals surface area contributed by atoms with Crippen LogP contribution in [0, 0.1) is 23.2 Å². The van der Waals surface area contributed by atoms with Gasteiger partial charge in [0.25, 0.3) is 0 Å². The number of alkyl halides is 6. The monoisotopic (exact) mass is 554 g/mol. The van der Waals surface area contributed by atoms with Gasteiger partial charge in [0.05, 0.1) is 17.9 Å². The Morgan fingerprint density at radius 1 is 0.821 bits per heavy atom. The van der Waals surface area contributed by atoms with Crippen molar-refractivity contribution in [3.05, 3.63) is 71.3 Å². The molecule has 1 saturated carbocycles. The normalized spacial score (nSPS) is 20.7. The first kappa shape index (κ1) is 32.7. The molecule has 0 saturated heterocycles. The average molecular weight is 555 g/mol. The number of hydrogen-bond acceptors (Lipinski definition) is 2. The van der Waals surface area contributed by atoms with Gasteiger partial charge in [-0.25, -0.2) is 0 Å². The van der Waals surface area contributed by atoms with Crippen LogP contribution in [0.1, 0.15) is 76.0 Å². The van der Waals surface area contributed by atoms with E-state index < -0.39 is 42.9 Å². The molecule has 8 heteroatoms. The summed E-state index contributed by atoms with van der Waals surface area (Å²) in [6, 6.07) is 20.4. The Morgan fingerprint density at radius 3 is 1.87 bits per heavy atom. The molecule has 2 nitrogen and oxygen atoms in total. The van der Waals surface area contributed by atoms with Gasteiger partial charge in [-0.15, -0.1) is 0 Å². The van der Waals surface area contributed by atoms with Crippen molar-refractivity contribution in [3.63, 3.8) is 0 Å². The van der Waals surface area contributed by atoms with Crippen LogP contribution in [-0.2, 0) is 12.8 Å². The molecule has 3 rings (SSSR count). The van der Waals surface area contributed by atoms with Gasteiger partial charge in [0.1, 0.15) is 0 Å². The van der Waals surface area contributed by atoms with Crippen molar-refractivity contribution >= 4 is 0 Å². The lowest BCUT2D eigenvalue weighted by Crippen LogP contribution is -2.42. The third kappa shape index (κ3) is 10.2. The maximum absolute atomic E-state index is 13.4. The van der Waals surface area contributed by atoms with E-state index in [0.29, 0.717) is 17.6 Å². The first-order chi connectivity index (χ1) is 18.3. The largest absolute Gasteiger partial charge is 0.392 e. The van der Waals surface area contributed by atoms with E-state index in [1.54, 1.807) is 6.07 Å². The van der Waals surface area contributed by atoms with E-state index >= 15 is 0 Å². The van der Waals surface area contributed by atoms with Crippen molar-refractivity contribution in [2.75, 3.05) is 6.54 Å². The van der Waals surface area contributed by atoms with Gasteiger partial charge >= 0.3 is 12.4 Å². The van der Waals surface area contributed by atoms with Crippen molar-refractivity contribution in [2.45, 2.75) is 96.6 Å². The van der Waals surface area contributed by atoms with Crippen molar-refractivity contribution < 1.29 is 26.3 Å². The van der Waals surface area contributed by atoms with E-state index in [2.05, 4.69) is 37.8 Å². The Balaban J connectivity index is 0.00000170. The molecule has 0 heterocycles. The lowest BCUT2D eigenvalue weighted by molar-refractivity contribution is -0.263. The zero-order chi connectivity index (χ0) is 29.2. The SMILES string of the molecule is CC#N.CC(C)N(CCc1ccccc1)C(C)CCc1ccc(C2CCC(C(F)(F)F)C(C(F)(F)F)C2)cc1. The molecular weight excluding hydrogens is 514 g/mol. The molecule has 4 atom stereocenters. The predicted octanol–water partition coefficient (Wildman–Crippen LogP) is 9.12. The fourth-order valence-corrected chi connectivity index (χ4v) is 5.62. The molecule has 1 fully saturated rings. The number of hydrogen-bond donors (Lipinski definition) is 0. The summed E-state index contributed by atoms with van der Waals surface area (Å²) in [7, 11) is 0. The summed E-state index contributed by atoms with van der Waals surface area (Å²) >= 11 is 0. The molecule has 0 aromatic heterocycles.